The number of nitrogens with zero attached hydrogens (tertiary/aromatic N) is 1. The second-order valence-corrected chi connectivity index (χ2v) is 7.83. The number of aryl methyl sites for hydroxylation is 1. The highest BCUT2D eigenvalue weighted by Gasteiger charge is 2.18. The van der Waals surface area contributed by atoms with Crippen molar-refractivity contribution < 1.29 is 4.74 Å². The highest BCUT2D eigenvalue weighted by Crippen LogP contribution is 2.31. The molecule has 1 saturated heterocycles. The Morgan fingerprint density at radius 3 is 2.60 bits per heavy atom. The molecule has 0 aromatic heterocycles. The molecule has 0 saturated carbocycles. The average Bonchev–Trinajstić information content (AvgIpc) is 2.62. The Labute approximate surface area is 158 Å². The van der Waals surface area contributed by atoms with Gasteiger partial charge in [-0.2, -0.15) is 0 Å². The lowest BCUT2D eigenvalue weighted by atomic mass is 9.90. The summed E-state index contributed by atoms with van der Waals surface area (Å²) in [5.41, 5.74) is 7.63. The lowest BCUT2D eigenvalue weighted by Gasteiger charge is -2.32. The zero-order valence-corrected chi connectivity index (χ0v) is 16.8. The number of anilines is 1. The fourth-order valence-electron chi connectivity index (χ4n) is 3.84. The number of hydrogen-bond donors (Lipinski definition) is 1. The lowest BCUT2D eigenvalue weighted by Crippen LogP contribution is -2.34. The Kier molecular flexibility index (Phi) is 8.91. The third kappa shape index (κ3) is 6.71. The van der Waals surface area contributed by atoms with E-state index in [1.807, 2.05) is 12.1 Å². The van der Waals surface area contributed by atoms with E-state index < -0.39 is 0 Å². The van der Waals surface area contributed by atoms with Crippen molar-refractivity contribution in [3.8, 4) is 5.75 Å². The van der Waals surface area contributed by atoms with Gasteiger partial charge in [-0.1, -0.05) is 44.2 Å². The number of ether oxygens (including phenoxy) is 1. The topological polar surface area (TPSA) is 38.5 Å². The number of rotatable bonds is 10. The van der Waals surface area contributed by atoms with Crippen LogP contribution < -0.4 is 10.5 Å². The molecule has 4 heteroatoms. The van der Waals surface area contributed by atoms with E-state index in [1.165, 1.54) is 76.6 Å². The third-order valence-corrected chi connectivity index (χ3v) is 5.82. The Bertz CT molecular complexity index is 513. The molecule has 1 aliphatic heterocycles. The summed E-state index contributed by atoms with van der Waals surface area (Å²) in [4.78, 5) is 2.66. The molecule has 0 spiro atoms. The number of hydrogen-bond acceptors (Lipinski definition) is 3. The molecule has 0 aliphatic carbocycles. The molecule has 0 bridgehead atoms. The van der Waals surface area contributed by atoms with E-state index in [2.05, 4.69) is 11.8 Å². The molecule has 1 heterocycles. The minimum absolute atomic E-state index is 0.591. The highest BCUT2D eigenvalue weighted by atomic mass is 35.5. The van der Waals surface area contributed by atoms with Crippen molar-refractivity contribution in [2.45, 2.75) is 64.7 Å². The summed E-state index contributed by atoms with van der Waals surface area (Å²) in [7, 11) is 1.70. The number of halogens is 1. The zero-order valence-electron chi connectivity index (χ0n) is 16.0. The maximum absolute atomic E-state index is 6.16. The van der Waals surface area contributed by atoms with Gasteiger partial charge in [-0.15, -0.1) is 0 Å². The van der Waals surface area contributed by atoms with Gasteiger partial charge in [0.05, 0.1) is 17.8 Å². The molecule has 0 amide bonds. The van der Waals surface area contributed by atoms with Crippen LogP contribution in [0.15, 0.2) is 12.1 Å². The summed E-state index contributed by atoms with van der Waals surface area (Å²) >= 11 is 6.16. The molecule has 0 atom stereocenters. The first kappa shape index (κ1) is 20.4. The SMILES string of the molecule is CCCCCCN1CCC(CCCc2cc(Cl)c(N)cc2OC)CC1. The normalized spacial score (nSPS) is 16.3. The number of piperidine rings is 1. The molecule has 0 radical (unpaired) electrons. The molecule has 2 N–H and O–H groups in total. The molecule has 3 nitrogen and oxygen atoms in total. The van der Waals surface area contributed by atoms with Gasteiger partial charge in [-0.3, -0.25) is 0 Å². The van der Waals surface area contributed by atoms with E-state index in [9.17, 15) is 0 Å². The van der Waals surface area contributed by atoms with E-state index >= 15 is 0 Å². The van der Waals surface area contributed by atoms with E-state index in [0.717, 1.165) is 18.1 Å². The summed E-state index contributed by atoms with van der Waals surface area (Å²) in [6.07, 6.45) is 11.7. The number of nitrogen functional groups attached to an aromatic ring is 1. The van der Waals surface area contributed by atoms with Crippen LogP contribution in [-0.2, 0) is 6.42 Å². The minimum Gasteiger partial charge on any atom is -0.496 e. The van der Waals surface area contributed by atoms with Crippen molar-refractivity contribution in [1.82, 2.24) is 4.90 Å². The highest BCUT2D eigenvalue weighted by molar-refractivity contribution is 6.33. The first-order valence-corrected chi connectivity index (χ1v) is 10.4. The average molecular weight is 367 g/mol. The zero-order chi connectivity index (χ0) is 18.1. The standard InChI is InChI=1S/C21H35ClN2O/c1-3-4-5-6-12-24-13-10-17(11-14-24)8-7-9-18-15-19(22)20(23)16-21(18)25-2/h15-17H,3-14,23H2,1-2H3. The van der Waals surface area contributed by atoms with Crippen molar-refractivity contribution in [1.29, 1.82) is 0 Å². The number of unbranched alkanes of at least 4 members (excludes halogenated alkanes) is 3. The number of benzene rings is 1. The molecule has 1 fully saturated rings. The number of likely N-dealkylation sites (tertiary alicyclic amines) is 1. The minimum atomic E-state index is 0.591. The summed E-state index contributed by atoms with van der Waals surface area (Å²) < 4.78 is 5.45. The molecule has 25 heavy (non-hydrogen) atoms. The number of nitrogens with two attached hydrogens (primary N) is 1. The third-order valence-electron chi connectivity index (χ3n) is 5.49. The predicted molar refractivity (Wildman–Crippen MR) is 109 cm³/mol. The summed E-state index contributed by atoms with van der Waals surface area (Å²) in [5, 5.41) is 0.632. The molecule has 2 rings (SSSR count). The molecule has 1 aliphatic rings. The van der Waals surface area contributed by atoms with E-state index in [-0.39, 0.29) is 0 Å². The maximum Gasteiger partial charge on any atom is 0.124 e. The van der Waals surface area contributed by atoms with Gasteiger partial charge in [0, 0.05) is 6.07 Å². The first-order valence-electron chi connectivity index (χ1n) is 9.98. The molecular weight excluding hydrogens is 332 g/mol. The van der Waals surface area contributed by atoms with Crippen LogP contribution in [0.5, 0.6) is 5.75 Å². The maximum atomic E-state index is 6.16. The van der Waals surface area contributed by atoms with Gasteiger partial charge in [0.2, 0.25) is 0 Å². The van der Waals surface area contributed by atoms with Gasteiger partial charge in [0.25, 0.3) is 0 Å². The van der Waals surface area contributed by atoms with Crippen molar-refractivity contribution in [2.24, 2.45) is 5.92 Å². The van der Waals surface area contributed by atoms with Crippen LogP contribution in [0.3, 0.4) is 0 Å². The van der Waals surface area contributed by atoms with Gasteiger partial charge in [0.1, 0.15) is 5.75 Å². The Morgan fingerprint density at radius 2 is 1.92 bits per heavy atom. The van der Waals surface area contributed by atoms with Crippen molar-refractivity contribution in [3.05, 3.63) is 22.7 Å². The fourth-order valence-corrected chi connectivity index (χ4v) is 4.02. The molecule has 142 valence electrons. The summed E-state index contributed by atoms with van der Waals surface area (Å²) in [6, 6.07) is 3.81. The predicted octanol–water partition coefficient (Wildman–Crippen LogP) is 5.55. The van der Waals surface area contributed by atoms with E-state index in [1.54, 1.807) is 7.11 Å². The van der Waals surface area contributed by atoms with Crippen LogP contribution in [0, 0.1) is 5.92 Å². The Morgan fingerprint density at radius 1 is 1.16 bits per heavy atom. The second kappa shape index (κ2) is 10.9. The summed E-state index contributed by atoms with van der Waals surface area (Å²) in [5.74, 6) is 1.74. The summed E-state index contributed by atoms with van der Waals surface area (Å²) in [6.45, 7) is 6.15. The smallest absolute Gasteiger partial charge is 0.124 e. The molecule has 1 aromatic carbocycles. The molecule has 1 aromatic rings. The fraction of sp³-hybridized carbons (Fsp3) is 0.714. The van der Waals surface area contributed by atoms with Crippen molar-refractivity contribution in [3.63, 3.8) is 0 Å². The van der Waals surface area contributed by atoms with Crippen LogP contribution in [-0.4, -0.2) is 31.6 Å². The van der Waals surface area contributed by atoms with Gasteiger partial charge < -0.3 is 15.4 Å². The van der Waals surface area contributed by atoms with E-state index in [4.69, 9.17) is 22.1 Å². The number of methoxy groups -OCH3 is 1. The monoisotopic (exact) mass is 366 g/mol. The van der Waals surface area contributed by atoms with Gasteiger partial charge in [-0.25, -0.2) is 0 Å². The van der Waals surface area contributed by atoms with Crippen LogP contribution >= 0.6 is 11.6 Å². The van der Waals surface area contributed by atoms with Crippen LogP contribution in [0.25, 0.3) is 0 Å². The van der Waals surface area contributed by atoms with Gasteiger partial charge >= 0.3 is 0 Å². The Hall–Kier alpha value is -0.930. The largest absolute Gasteiger partial charge is 0.496 e. The van der Waals surface area contributed by atoms with Crippen LogP contribution in [0.2, 0.25) is 5.02 Å². The Balaban J connectivity index is 1.67. The quantitative estimate of drug-likeness (QED) is 0.436. The molecule has 0 unspecified atom stereocenters. The molecular formula is C21H35ClN2O. The van der Waals surface area contributed by atoms with E-state index in [0.29, 0.717) is 10.7 Å². The second-order valence-electron chi connectivity index (χ2n) is 7.42. The first-order chi connectivity index (χ1) is 12.1. The van der Waals surface area contributed by atoms with Crippen molar-refractivity contribution in [2.75, 3.05) is 32.5 Å². The van der Waals surface area contributed by atoms with Gasteiger partial charge in [-0.05, 0) is 69.3 Å². The van der Waals surface area contributed by atoms with Crippen LogP contribution in [0.1, 0.15) is 63.9 Å². The lowest BCUT2D eigenvalue weighted by molar-refractivity contribution is 0.175. The van der Waals surface area contributed by atoms with Crippen molar-refractivity contribution >= 4 is 17.3 Å². The van der Waals surface area contributed by atoms with Crippen LogP contribution in [0.4, 0.5) is 5.69 Å². The van der Waals surface area contributed by atoms with Gasteiger partial charge in [0.15, 0.2) is 0 Å².